The Morgan fingerprint density at radius 2 is 1.75 bits per heavy atom. The number of anilines is 1. The first-order valence-corrected chi connectivity index (χ1v) is 6.48. The van der Waals surface area contributed by atoms with Crippen LogP contribution in [0.4, 0.5) is 10.5 Å². The van der Waals surface area contributed by atoms with E-state index in [2.05, 4.69) is 15.5 Å². The Morgan fingerprint density at radius 3 is 2.25 bits per heavy atom. The van der Waals surface area contributed by atoms with E-state index < -0.39 is 0 Å². The third-order valence-corrected chi connectivity index (χ3v) is 2.68. The lowest BCUT2D eigenvalue weighted by Gasteiger charge is -2.12. The van der Waals surface area contributed by atoms with E-state index in [0.717, 1.165) is 13.0 Å². The number of urea groups is 1. The Hall–Kier alpha value is -1.95. The van der Waals surface area contributed by atoms with Gasteiger partial charge in [0.25, 0.3) is 0 Å². The molecule has 0 aromatic heterocycles. The number of carbonyl (C=O) groups is 1. The molecule has 0 atom stereocenters. The minimum Gasteiger partial charge on any atom is -0.497 e. The van der Waals surface area contributed by atoms with Crippen molar-refractivity contribution in [2.75, 3.05) is 46.7 Å². The second-order valence-corrected chi connectivity index (χ2v) is 4.64. The van der Waals surface area contributed by atoms with E-state index in [1.54, 1.807) is 32.4 Å². The van der Waals surface area contributed by atoms with E-state index in [4.69, 9.17) is 9.47 Å². The normalized spacial score (nSPS) is 10.2. The smallest absolute Gasteiger partial charge is 0.319 e. The van der Waals surface area contributed by atoms with E-state index in [1.165, 1.54) is 0 Å². The van der Waals surface area contributed by atoms with Crippen LogP contribution in [0.25, 0.3) is 0 Å². The molecule has 1 aromatic rings. The molecule has 0 aliphatic heterocycles. The molecule has 0 saturated carbocycles. The molecule has 0 unspecified atom stereocenters. The van der Waals surface area contributed by atoms with Crippen LogP contribution in [0, 0.1) is 0 Å². The Balaban J connectivity index is 2.48. The van der Waals surface area contributed by atoms with Crippen LogP contribution in [0.2, 0.25) is 0 Å². The quantitative estimate of drug-likeness (QED) is 0.748. The second kappa shape index (κ2) is 8.27. The maximum atomic E-state index is 11.7. The highest BCUT2D eigenvalue weighted by Gasteiger charge is 2.05. The molecular formula is C14H23N3O3. The Morgan fingerprint density at radius 1 is 1.15 bits per heavy atom. The molecule has 112 valence electrons. The summed E-state index contributed by atoms with van der Waals surface area (Å²) in [6.07, 6.45) is 0.905. The van der Waals surface area contributed by atoms with Gasteiger partial charge >= 0.3 is 6.03 Å². The Kier molecular flexibility index (Phi) is 6.66. The molecule has 0 aliphatic carbocycles. The predicted molar refractivity (Wildman–Crippen MR) is 79.7 cm³/mol. The number of amides is 2. The van der Waals surface area contributed by atoms with Crippen molar-refractivity contribution in [2.24, 2.45) is 0 Å². The van der Waals surface area contributed by atoms with Gasteiger partial charge in [0.2, 0.25) is 0 Å². The third-order valence-electron chi connectivity index (χ3n) is 2.68. The fourth-order valence-corrected chi connectivity index (χ4v) is 1.65. The lowest BCUT2D eigenvalue weighted by atomic mass is 10.3. The van der Waals surface area contributed by atoms with Crippen LogP contribution in [0.15, 0.2) is 18.2 Å². The third kappa shape index (κ3) is 5.79. The average molecular weight is 281 g/mol. The minimum atomic E-state index is -0.237. The molecule has 6 nitrogen and oxygen atoms in total. The summed E-state index contributed by atoms with van der Waals surface area (Å²) >= 11 is 0. The number of nitrogens with one attached hydrogen (secondary N) is 2. The summed E-state index contributed by atoms with van der Waals surface area (Å²) in [5, 5.41) is 5.56. The van der Waals surface area contributed by atoms with Crippen molar-refractivity contribution < 1.29 is 14.3 Å². The zero-order valence-corrected chi connectivity index (χ0v) is 12.5. The maximum Gasteiger partial charge on any atom is 0.319 e. The van der Waals surface area contributed by atoms with Gasteiger partial charge in [0.15, 0.2) is 0 Å². The number of hydrogen-bond donors (Lipinski definition) is 2. The van der Waals surface area contributed by atoms with Gasteiger partial charge in [0.05, 0.1) is 14.2 Å². The number of ether oxygens (including phenoxy) is 2. The molecule has 0 aliphatic rings. The Bertz CT molecular complexity index is 413. The van der Waals surface area contributed by atoms with E-state index in [1.807, 2.05) is 14.1 Å². The monoisotopic (exact) mass is 281 g/mol. The van der Waals surface area contributed by atoms with Gasteiger partial charge in [-0.1, -0.05) is 0 Å². The number of hydrogen-bond acceptors (Lipinski definition) is 4. The van der Waals surface area contributed by atoms with Gasteiger partial charge in [-0.2, -0.15) is 0 Å². The zero-order valence-electron chi connectivity index (χ0n) is 12.5. The Labute approximate surface area is 120 Å². The number of nitrogens with zero attached hydrogens (tertiary/aromatic N) is 1. The average Bonchev–Trinajstić information content (AvgIpc) is 2.42. The van der Waals surface area contributed by atoms with E-state index in [-0.39, 0.29) is 6.03 Å². The fraction of sp³-hybridized carbons (Fsp3) is 0.500. The standard InChI is InChI=1S/C14H23N3O3/c1-17(2)7-5-6-15-14(18)16-11-8-12(19-3)10-13(9-11)20-4/h8-10H,5-7H2,1-4H3,(H2,15,16,18). The van der Waals surface area contributed by atoms with Crippen LogP contribution < -0.4 is 20.1 Å². The zero-order chi connectivity index (χ0) is 15.0. The first-order valence-electron chi connectivity index (χ1n) is 6.48. The van der Waals surface area contributed by atoms with E-state index in [9.17, 15) is 4.79 Å². The van der Waals surface area contributed by atoms with Gasteiger partial charge in [-0.3, -0.25) is 0 Å². The molecule has 20 heavy (non-hydrogen) atoms. The number of methoxy groups -OCH3 is 2. The molecule has 0 spiro atoms. The van der Waals surface area contributed by atoms with Crippen LogP contribution >= 0.6 is 0 Å². The lowest BCUT2D eigenvalue weighted by molar-refractivity contribution is 0.251. The van der Waals surface area contributed by atoms with Crippen molar-refractivity contribution >= 4 is 11.7 Å². The van der Waals surface area contributed by atoms with Gasteiger partial charge in [-0.25, -0.2) is 4.79 Å². The van der Waals surface area contributed by atoms with Crippen molar-refractivity contribution in [1.82, 2.24) is 10.2 Å². The topological polar surface area (TPSA) is 62.8 Å². The highest BCUT2D eigenvalue weighted by atomic mass is 16.5. The number of carbonyl (C=O) groups excluding carboxylic acids is 1. The molecule has 1 rings (SSSR count). The minimum absolute atomic E-state index is 0.237. The van der Waals surface area contributed by atoms with Gasteiger partial charge < -0.3 is 25.0 Å². The van der Waals surface area contributed by atoms with Crippen molar-refractivity contribution in [2.45, 2.75) is 6.42 Å². The summed E-state index contributed by atoms with van der Waals surface area (Å²) in [5.74, 6) is 1.26. The van der Waals surface area contributed by atoms with Crippen LogP contribution in [-0.2, 0) is 0 Å². The van der Waals surface area contributed by atoms with Crippen LogP contribution in [0.1, 0.15) is 6.42 Å². The SMILES string of the molecule is COc1cc(NC(=O)NCCCN(C)C)cc(OC)c1. The molecule has 2 amide bonds. The van der Waals surface area contributed by atoms with Gasteiger partial charge in [-0.05, 0) is 27.1 Å². The maximum absolute atomic E-state index is 11.7. The summed E-state index contributed by atoms with van der Waals surface area (Å²) in [5.41, 5.74) is 0.631. The van der Waals surface area contributed by atoms with Gasteiger partial charge in [0, 0.05) is 30.4 Å². The van der Waals surface area contributed by atoms with Crippen molar-refractivity contribution in [3.05, 3.63) is 18.2 Å². The molecule has 0 saturated heterocycles. The predicted octanol–water partition coefficient (Wildman–Crippen LogP) is 1.78. The van der Waals surface area contributed by atoms with Gasteiger partial charge in [-0.15, -0.1) is 0 Å². The van der Waals surface area contributed by atoms with E-state index in [0.29, 0.717) is 23.7 Å². The number of rotatable bonds is 7. The molecule has 2 N–H and O–H groups in total. The highest BCUT2D eigenvalue weighted by Crippen LogP contribution is 2.25. The largest absolute Gasteiger partial charge is 0.497 e. The molecule has 0 bridgehead atoms. The van der Waals surface area contributed by atoms with Crippen molar-refractivity contribution in [3.63, 3.8) is 0 Å². The summed E-state index contributed by atoms with van der Waals surface area (Å²) < 4.78 is 10.3. The summed E-state index contributed by atoms with van der Waals surface area (Å²) in [6, 6.07) is 4.99. The number of benzene rings is 1. The van der Waals surface area contributed by atoms with Crippen LogP contribution in [0.3, 0.4) is 0 Å². The van der Waals surface area contributed by atoms with Crippen LogP contribution in [0.5, 0.6) is 11.5 Å². The first-order chi connectivity index (χ1) is 9.55. The summed E-state index contributed by atoms with van der Waals surface area (Å²) in [7, 11) is 7.14. The molecule has 0 heterocycles. The van der Waals surface area contributed by atoms with Crippen LogP contribution in [-0.4, -0.2) is 52.3 Å². The van der Waals surface area contributed by atoms with Crippen molar-refractivity contribution in [1.29, 1.82) is 0 Å². The lowest BCUT2D eigenvalue weighted by Crippen LogP contribution is -2.31. The molecule has 0 radical (unpaired) electrons. The molecular weight excluding hydrogens is 258 g/mol. The molecule has 0 fully saturated rings. The summed E-state index contributed by atoms with van der Waals surface area (Å²) in [6.45, 7) is 1.57. The molecule has 6 heteroatoms. The first kappa shape index (κ1) is 16.1. The fourth-order valence-electron chi connectivity index (χ4n) is 1.65. The van der Waals surface area contributed by atoms with Crippen molar-refractivity contribution in [3.8, 4) is 11.5 Å². The highest BCUT2D eigenvalue weighted by molar-refractivity contribution is 5.89. The molecule has 1 aromatic carbocycles. The second-order valence-electron chi connectivity index (χ2n) is 4.64. The van der Waals surface area contributed by atoms with E-state index >= 15 is 0 Å². The summed E-state index contributed by atoms with van der Waals surface area (Å²) in [4.78, 5) is 13.8. The van der Waals surface area contributed by atoms with Gasteiger partial charge in [0.1, 0.15) is 11.5 Å².